The van der Waals surface area contributed by atoms with Crippen LogP contribution >= 0.6 is 11.9 Å². The highest BCUT2D eigenvalue weighted by Gasteiger charge is 2.22. The molecule has 0 radical (unpaired) electrons. The molecule has 0 aliphatic carbocycles. The van der Waals surface area contributed by atoms with Crippen LogP contribution in [0.1, 0.15) is 11.1 Å². The molecule has 2 N–H and O–H groups in total. The van der Waals surface area contributed by atoms with Crippen molar-refractivity contribution in [2.75, 3.05) is 0 Å². The number of para-hydroxylation sites is 1. The summed E-state index contributed by atoms with van der Waals surface area (Å²) in [6.45, 7) is 0. The van der Waals surface area contributed by atoms with Gasteiger partial charge in [0, 0.05) is 44.1 Å². The highest BCUT2D eigenvalue weighted by Crippen LogP contribution is 2.44. The molecule has 56 heavy (non-hydrogen) atoms. The molecule has 10 rings (SSSR count). The van der Waals surface area contributed by atoms with Crippen molar-refractivity contribution in [1.82, 2.24) is 4.57 Å². The van der Waals surface area contributed by atoms with Gasteiger partial charge in [0.2, 0.25) is 0 Å². The Hall–Kier alpha value is -7.15. The standard InChI is InChI=1S/C50H34N4OS/c51-49(35-20-9-3-10-21-35)52-50(53-56-38-22-11-4-12-23-38)36-28-29-45-41(30-36)48-43(26-15-27-46(48)55-45)54-42-25-14-13-24-39(42)47-40(34-18-7-2-8-19-34)31-37(32-44(47)54)33-16-5-1-6-17-33/h1-32H,(H2,51,52,53). The Balaban J connectivity index is 1.23. The highest BCUT2D eigenvalue weighted by molar-refractivity contribution is 7.98. The van der Waals surface area contributed by atoms with Gasteiger partial charge in [-0.2, -0.15) is 4.40 Å². The number of fused-ring (bicyclic) bond motifs is 6. The first-order valence-electron chi connectivity index (χ1n) is 18.5. The zero-order valence-electron chi connectivity index (χ0n) is 30.2. The van der Waals surface area contributed by atoms with Gasteiger partial charge >= 0.3 is 0 Å². The van der Waals surface area contributed by atoms with E-state index in [0.29, 0.717) is 11.7 Å². The molecule has 10 aromatic rings. The van der Waals surface area contributed by atoms with Crippen molar-refractivity contribution in [2.45, 2.75) is 4.90 Å². The van der Waals surface area contributed by atoms with Gasteiger partial charge in [-0.25, -0.2) is 4.99 Å². The summed E-state index contributed by atoms with van der Waals surface area (Å²) in [5.41, 5.74) is 17.8. The van der Waals surface area contributed by atoms with Gasteiger partial charge in [0.05, 0.1) is 22.1 Å². The van der Waals surface area contributed by atoms with Gasteiger partial charge in [-0.15, -0.1) is 0 Å². The number of rotatable bonds is 7. The van der Waals surface area contributed by atoms with E-state index >= 15 is 0 Å². The van der Waals surface area contributed by atoms with Crippen molar-refractivity contribution in [3.8, 4) is 27.9 Å². The van der Waals surface area contributed by atoms with Gasteiger partial charge in [0.25, 0.3) is 0 Å². The van der Waals surface area contributed by atoms with Crippen LogP contribution in [0.2, 0.25) is 0 Å². The molecule has 0 atom stereocenters. The maximum Gasteiger partial charge on any atom is 0.169 e. The molecule has 0 bridgehead atoms. The molecule has 0 unspecified atom stereocenters. The Bertz CT molecular complexity index is 3100. The summed E-state index contributed by atoms with van der Waals surface area (Å²) in [5, 5.41) is 4.36. The first-order valence-corrected chi connectivity index (χ1v) is 19.3. The van der Waals surface area contributed by atoms with Gasteiger partial charge in [0.1, 0.15) is 17.0 Å². The summed E-state index contributed by atoms with van der Waals surface area (Å²) >= 11 is 1.37. The number of nitrogens with zero attached hydrogens (tertiary/aromatic N) is 3. The third-order valence-corrected chi connectivity index (χ3v) is 11.0. The average molecular weight is 739 g/mol. The minimum Gasteiger partial charge on any atom is -0.456 e. The van der Waals surface area contributed by atoms with Crippen LogP contribution in [0.4, 0.5) is 0 Å². The van der Waals surface area contributed by atoms with Crippen LogP contribution in [-0.2, 0) is 0 Å². The predicted octanol–water partition coefficient (Wildman–Crippen LogP) is 12.9. The molecule has 5 nitrogen and oxygen atoms in total. The topological polar surface area (TPSA) is 68.8 Å². The molecule has 266 valence electrons. The van der Waals surface area contributed by atoms with Crippen LogP contribution < -0.4 is 5.73 Å². The molecule has 0 spiro atoms. The van der Waals surface area contributed by atoms with E-state index in [-0.39, 0.29) is 0 Å². The second-order valence-electron chi connectivity index (χ2n) is 13.6. The molecule has 0 fully saturated rings. The number of amidine groups is 2. The average Bonchev–Trinajstić information content (AvgIpc) is 3.81. The maximum atomic E-state index is 6.63. The molecule has 8 aromatic carbocycles. The number of hydrogen-bond acceptors (Lipinski definition) is 3. The Kier molecular flexibility index (Phi) is 8.50. The van der Waals surface area contributed by atoms with Crippen molar-refractivity contribution in [3.63, 3.8) is 0 Å². The maximum absolute atomic E-state index is 6.63. The number of aromatic nitrogens is 1. The van der Waals surface area contributed by atoms with Gasteiger partial charge in [0.15, 0.2) is 5.84 Å². The largest absolute Gasteiger partial charge is 0.456 e. The molecule has 0 saturated heterocycles. The van der Waals surface area contributed by atoms with Gasteiger partial charge in [-0.3, -0.25) is 0 Å². The quantitative estimate of drug-likeness (QED) is 0.101. The SMILES string of the molecule is NC(=NC(=NSc1ccccc1)c1ccc2oc3cccc(-n4c5ccccc5c5c(-c6ccccc6)cc(-c6ccccc6)cc54)c3c2c1)c1ccccc1. The number of nitrogens with two attached hydrogens (primary N) is 1. The molecular weight excluding hydrogens is 705 g/mol. The molecule has 0 aliphatic rings. The molecule has 0 aliphatic heterocycles. The van der Waals surface area contributed by atoms with E-state index in [1.54, 1.807) is 0 Å². The summed E-state index contributed by atoms with van der Waals surface area (Å²) in [5.74, 6) is 0.912. The van der Waals surface area contributed by atoms with Crippen molar-refractivity contribution in [2.24, 2.45) is 15.1 Å². The van der Waals surface area contributed by atoms with E-state index in [4.69, 9.17) is 19.5 Å². The molecule has 0 amide bonds. The normalized spacial score (nSPS) is 12.3. The lowest BCUT2D eigenvalue weighted by molar-refractivity contribution is 0.669. The van der Waals surface area contributed by atoms with Crippen LogP contribution in [0.3, 0.4) is 0 Å². The van der Waals surface area contributed by atoms with E-state index in [2.05, 4.69) is 120 Å². The Morgan fingerprint density at radius 1 is 0.500 bits per heavy atom. The van der Waals surface area contributed by atoms with Crippen LogP contribution in [0.15, 0.2) is 213 Å². The summed E-state index contributed by atoms with van der Waals surface area (Å²) in [6.07, 6.45) is 0. The molecule has 2 aromatic heterocycles. The zero-order valence-corrected chi connectivity index (χ0v) is 31.0. The lowest BCUT2D eigenvalue weighted by atomic mass is 9.94. The highest BCUT2D eigenvalue weighted by atomic mass is 32.2. The van der Waals surface area contributed by atoms with Crippen molar-refractivity contribution in [1.29, 1.82) is 0 Å². The van der Waals surface area contributed by atoms with Crippen LogP contribution in [0.5, 0.6) is 0 Å². The first kappa shape index (κ1) is 33.4. The second kappa shape index (κ2) is 14.3. The third kappa shape index (κ3) is 6.03. The summed E-state index contributed by atoms with van der Waals surface area (Å²) in [4.78, 5) is 5.93. The van der Waals surface area contributed by atoms with Crippen LogP contribution in [0.25, 0.3) is 71.7 Å². The van der Waals surface area contributed by atoms with Crippen LogP contribution in [-0.4, -0.2) is 16.2 Å². The number of benzene rings is 8. The number of furan rings is 1. The van der Waals surface area contributed by atoms with Gasteiger partial charge < -0.3 is 14.7 Å². The van der Waals surface area contributed by atoms with Gasteiger partial charge in [-0.1, -0.05) is 133 Å². The van der Waals surface area contributed by atoms with Gasteiger partial charge in [-0.05, 0) is 82.9 Å². The predicted molar refractivity (Wildman–Crippen MR) is 235 cm³/mol. The van der Waals surface area contributed by atoms with Crippen LogP contribution in [0, 0.1) is 0 Å². The second-order valence-corrected chi connectivity index (χ2v) is 14.5. The Morgan fingerprint density at radius 2 is 1.18 bits per heavy atom. The number of aliphatic imine (C=N–C) groups is 1. The minimum absolute atomic E-state index is 0.393. The first-order chi connectivity index (χ1) is 27.7. The fourth-order valence-electron chi connectivity index (χ4n) is 7.63. The summed E-state index contributed by atoms with van der Waals surface area (Å²) < 4.78 is 14.0. The minimum atomic E-state index is 0.393. The van der Waals surface area contributed by atoms with Crippen molar-refractivity contribution in [3.05, 3.63) is 205 Å². The van der Waals surface area contributed by atoms with Crippen molar-refractivity contribution >= 4 is 67.4 Å². The molecule has 6 heteroatoms. The monoisotopic (exact) mass is 738 g/mol. The third-order valence-electron chi connectivity index (χ3n) is 10.2. The Labute approximate surface area is 328 Å². The lowest BCUT2D eigenvalue weighted by Crippen LogP contribution is -2.16. The van der Waals surface area contributed by atoms with Crippen molar-refractivity contribution < 1.29 is 4.42 Å². The summed E-state index contributed by atoms with van der Waals surface area (Å²) in [6, 6.07) is 67.0. The summed E-state index contributed by atoms with van der Waals surface area (Å²) in [7, 11) is 0. The van der Waals surface area contributed by atoms with E-state index < -0.39 is 0 Å². The Morgan fingerprint density at radius 3 is 1.95 bits per heavy atom. The zero-order chi connectivity index (χ0) is 37.4. The lowest BCUT2D eigenvalue weighted by Gasteiger charge is -2.13. The molecule has 0 saturated carbocycles. The fourth-order valence-corrected chi connectivity index (χ4v) is 8.25. The molecule has 2 heterocycles. The fraction of sp³-hybridized carbons (Fsp3) is 0. The van der Waals surface area contributed by atoms with E-state index in [1.165, 1.54) is 33.8 Å². The smallest absolute Gasteiger partial charge is 0.169 e. The molecular formula is C50H34N4OS. The van der Waals surface area contributed by atoms with E-state index in [1.807, 2.05) is 78.9 Å². The number of hydrogen-bond donors (Lipinski definition) is 1. The van der Waals surface area contributed by atoms with E-state index in [0.717, 1.165) is 65.8 Å². The van der Waals surface area contributed by atoms with E-state index in [9.17, 15) is 0 Å².